The molecule has 2 rings (SSSR count). The molecule has 3 heteroatoms. The molecule has 2 aliphatic rings. The Labute approximate surface area is 104 Å². The van der Waals surface area contributed by atoms with Crippen LogP contribution in [0.5, 0.6) is 0 Å². The summed E-state index contributed by atoms with van der Waals surface area (Å²) in [5, 5.41) is 3.82. The predicted molar refractivity (Wildman–Crippen MR) is 70.8 cm³/mol. The fourth-order valence-electron chi connectivity index (χ4n) is 3.00. The summed E-state index contributed by atoms with van der Waals surface area (Å²) in [5.41, 5.74) is 0.231. The third-order valence-electron chi connectivity index (χ3n) is 3.85. The second-order valence-electron chi connectivity index (χ2n) is 6.29. The smallest absolute Gasteiger partial charge is 0.128 e. The zero-order valence-electron chi connectivity index (χ0n) is 11.0. The molecule has 16 heavy (non-hydrogen) atoms. The zero-order chi connectivity index (χ0) is 11.8. The maximum atomic E-state index is 6.17. The topological polar surface area (TPSA) is 21.3 Å². The van der Waals surface area contributed by atoms with Crippen molar-refractivity contribution in [2.75, 3.05) is 18.1 Å². The summed E-state index contributed by atoms with van der Waals surface area (Å²) in [6.45, 7) is 10.1. The Hall–Kier alpha value is 0.270. The van der Waals surface area contributed by atoms with Crippen LogP contribution < -0.4 is 5.32 Å². The van der Waals surface area contributed by atoms with Crippen LogP contribution in [0.4, 0.5) is 0 Å². The molecule has 2 fully saturated rings. The van der Waals surface area contributed by atoms with E-state index in [-0.39, 0.29) is 11.1 Å². The summed E-state index contributed by atoms with van der Waals surface area (Å²) in [6, 6.07) is 0.569. The molecule has 2 nitrogen and oxygen atoms in total. The Kier molecular flexibility index (Phi) is 3.58. The molecular formula is C13H25NOS. The van der Waals surface area contributed by atoms with Crippen molar-refractivity contribution in [2.45, 2.75) is 52.3 Å². The molecule has 0 amide bonds. The van der Waals surface area contributed by atoms with Gasteiger partial charge in [-0.2, -0.15) is 11.8 Å². The van der Waals surface area contributed by atoms with Gasteiger partial charge in [0, 0.05) is 17.2 Å². The van der Waals surface area contributed by atoms with Crippen LogP contribution in [0.2, 0.25) is 0 Å². The molecule has 2 heterocycles. The highest BCUT2D eigenvalue weighted by Crippen LogP contribution is 2.38. The number of thioether (sulfide) groups is 1. The van der Waals surface area contributed by atoms with Gasteiger partial charge < -0.3 is 4.74 Å². The Morgan fingerprint density at radius 2 is 2.12 bits per heavy atom. The van der Waals surface area contributed by atoms with E-state index in [2.05, 4.69) is 33.0 Å². The van der Waals surface area contributed by atoms with Crippen LogP contribution in [0.15, 0.2) is 0 Å². The lowest BCUT2D eigenvalue weighted by molar-refractivity contribution is -0.157. The molecule has 0 aromatic rings. The molecule has 2 unspecified atom stereocenters. The van der Waals surface area contributed by atoms with Crippen LogP contribution in [0.25, 0.3) is 0 Å². The van der Waals surface area contributed by atoms with Crippen molar-refractivity contribution in [1.82, 2.24) is 5.32 Å². The van der Waals surface area contributed by atoms with E-state index < -0.39 is 0 Å². The maximum Gasteiger partial charge on any atom is 0.128 e. The average molecular weight is 243 g/mol. The number of hydrogen-bond donors (Lipinski definition) is 1. The van der Waals surface area contributed by atoms with Gasteiger partial charge >= 0.3 is 0 Å². The number of ether oxygens (including phenoxy) is 1. The van der Waals surface area contributed by atoms with Crippen molar-refractivity contribution >= 4 is 11.8 Å². The van der Waals surface area contributed by atoms with Crippen molar-refractivity contribution in [3.63, 3.8) is 0 Å². The molecular weight excluding hydrogens is 218 g/mol. The van der Waals surface area contributed by atoms with Gasteiger partial charge in [0.15, 0.2) is 0 Å². The lowest BCUT2D eigenvalue weighted by atomic mass is 9.77. The third-order valence-corrected chi connectivity index (χ3v) is 5.10. The molecule has 0 aromatic heterocycles. The van der Waals surface area contributed by atoms with Crippen LogP contribution >= 0.6 is 11.8 Å². The van der Waals surface area contributed by atoms with Crippen LogP contribution in [0.3, 0.4) is 0 Å². The standard InChI is InChI=1S/C13H25NOS/c1-10(2)11-12(3,4)8-15-13(14-11)6-5-7-16-9-13/h10-11,14H,5-9H2,1-4H3. The first kappa shape index (κ1) is 12.7. The fourth-order valence-corrected chi connectivity index (χ4v) is 4.13. The second-order valence-corrected chi connectivity index (χ2v) is 7.40. The minimum Gasteiger partial charge on any atom is -0.359 e. The summed E-state index contributed by atoms with van der Waals surface area (Å²) >= 11 is 2.03. The first-order chi connectivity index (χ1) is 7.45. The summed E-state index contributed by atoms with van der Waals surface area (Å²) < 4.78 is 6.17. The van der Waals surface area contributed by atoms with E-state index in [1.807, 2.05) is 11.8 Å². The van der Waals surface area contributed by atoms with Gasteiger partial charge in [0.1, 0.15) is 5.72 Å². The first-order valence-corrected chi connectivity index (χ1v) is 7.60. The minimum atomic E-state index is -0.0205. The number of nitrogens with one attached hydrogen (secondary N) is 1. The third kappa shape index (κ3) is 2.41. The lowest BCUT2D eigenvalue weighted by Crippen LogP contribution is -2.66. The van der Waals surface area contributed by atoms with Gasteiger partial charge in [-0.15, -0.1) is 0 Å². The average Bonchev–Trinajstić information content (AvgIpc) is 2.23. The van der Waals surface area contributed by atoms with Crippen LogP contribution in [-0.2, 0) is 4.74 Å². The van der Waals surface area contributed by atoms with Gasteiger partial charge in [0.05, 0.1) is 6.61 Å². The van der Waals surface area contributed by atoms with Crippen LogP contribution in [0.1, 0.15) is 40.5 Å². The molecule has 2 aliphatic heterocycles. The number of hydrogen-bond acceptors (Lipinski definition) is 3. The van der Waals surface area contributed by atoms with Gasteiger partial charge in [-0.1, -0.05) is 27.7 Å². The molecule has 2 atom stereocenters. The van der Waals surface area contributed by atoms with E-state index in [1.54, 1.807) is 0 Å². The normalized spacial score (nSPS) is 39.2. The van der Waals surface area contributed by atoms with Gasteiger partial charge in [0.25, 0.3) is 0 Å². The summed E-state index contributed by atoms with van der Waals surface area (Å²) in [7, 11) is 0. The predicted octanol–water partition coefficient (Wildman–Crippen LogP) is 2.88. The lowest BCUT2D eigenvalue weighted by Gasteiger charge is -2.52. The highest BCUT2D eigenvalue weighted by Gasteiger charge is 2.46. The van der Waals surface area contributed by atoms with Crippen molar-refractivity contribution < 1.29 is 4.74 Å². The quantitative estimate of drug-likeness (QED) is 0.765. The monoisotopic (exact) mass is 243 g/mol. The van der Waals surface area contributed by atoms with Crippen molar-refractivity contribution in [3.8, 4) is 0 Å². The van der Waals surface area contributed by atoms with Gasteiger partial charge in [-0.25, -0.2) is 0 Å². The molecule has 0 aromatic carbocycles. The Bertz CT molecular complexity index is 246. The fraction of sp³-hybridized carbons (Fsp3) is 1.00. The molecule has 0 saturated carbocycles. The van der Waals surface area contributed by atoms with Crippen molar-refractivity contribution in [2.24, 2.45) is 11.3 Å². The van der Waals surface area contributed by atoms with E-state index in [9.17, 15) is 0 Å². The molecule has 0 radical (unpaired) electrons. The molecule has 94 valence electrons. The van der Waals surface area contributed by atoms with E-state index >= 15 is 0 Å². The summed E-state index contributed by atoms with van der Waals surface area (Å²) in [6.07, 6.45) is 2.46. The SMILES string of the molecule is CC(C)C1NC2(CCCSC2)OCC1(C)C. The Morgan fingerprint density at radius 1 is 1.38 bits per heavy atom. The number of rotatable bonds is 1. The molecule has 2 saturated heterocycles. The van der Waals surface area contributed by atoms with Gasteiger partial charge in [-0.05, 0) is 24.5 Å². The zero-order valence-corrected chi connectivity index (χ0v) is 11.8. The van der Waals surface area contributed by atoms with Crippen molar-refractivity contribution in [1.29, 1.82) is 0 Å². The van der Waals surface area contributed by atoms with Gasteiger partial charge in [-0.3, -0.25) is 5.32 Å². The van der Waals surface area contributed by atoms with E-state index in [0.29, 0.717) is 12.0 Å². The van der Waals surface area contributed by atoms with Crippen LogP contribution in [0, 0.1) is 11.3 Å². The van der Waals surface area contributed by atoms with Gasteiger partial charge in [0.2, 0.25) is 0 Å². The highest BCUT2D eigenvalue weighted by molar-refractivity contribution is 7.99. The minimum absolute atomic E-state index is 0.0205. The van der Waals surface area contributed by atoms with Crippen LogP contribution in [-0.4, -0.2) is 29.9 Å². The molecule has 0 bridgehead atoms. The van der Waals surface area contributed by atoms with E-state index in [1.165, 1.54) is 18.6 Å². The summed E-state index contributed by atoms with van der Waals surface area (Å²) in [4.78, 5) is 0. The molecule has 0 aliphatic carbocycles. The van der Waals surface area contributed by atoms with E-state index in [4.69, 9.17) is 4.74 Å². The Morgan fingerprint density at radius 3 is 2.69 bits per heavy atom. The van der Waals surface area contributed by atoms with Crippen molar-refractivity contribution in [3.05, 3.63) is 0 Å². The molecule has 1 spiro atoms. The largest absolute Gasteiger partial charge is 0.359 e. The second kappa shape index (κ2) is 4.51. The highest BCUT2D eigenvalue weighted by atomic mass is 32.2. The summed E-state index contributed by atoms with van der Waals surface area (Å²) in [5.74, 6) is 3.08. The first-order valence-electron chi connectivity index (χ1n) is 6.45. The van der Waals surface area contributed by atoms with E-state index in [0.717, 1.165) is 12.4 Å². The maximum absolute atomic E-state index is 6.17. The Balaban J connectivity index is 2.10. The molecule has 1 N–H and O–H groups in total.